The van der Waals surface area contributed by atoms with Gasteiger partial charge in [0.05, 0.1) is 11.4 Å². The van der Waals surface area contributed by atoms with Crippen LogP contribution < -0.4 is 0 Å². The Kier molecular flexibility index (Phi) is 4.76. The molecule has 1 aromatic carbocycles. The SMILES string of the molecule is CN1CCCCC1=Nc1ccc(N=C2CCCCN2C)cc1. The van der Waals surface area contributed by atoms with Crippen molar-refractivity contribution in [1.82, 2.24) is 9.80 Å². The van der Waals surface area contributed by atoms with Crippen molar-refractivity contribution >= 4 is 23.0 Å². The van der Waals surface area contributed by atoms with Crippen molar-refractivity contribution in [3.05, 3.63) is 24.3 Å². The van der Waals surface area contributed by atoms with E-state index in [1.54, 1.807) is 0 Å². The fraction of sp³-hybridized carbons (Fsp3) is 0.556. The molecule has 2 fully saturated rings. The zero-order chi connectivity index (χ0) is 15.4. The number of likely N-dealkylation sites (tertiary alicyclic amines) is 2. The van der Waals surface area contributed by atoms with Crippen LogP contribution in [0.15, 0.2) is 34.3 Å². The van der Waals surface area contributed by atoms with E-state index in [1.165, 1.54) is 37.4 Å². The molecular weight excluding hydrogens is 272 g/mol. The fourth-order valence-corrected chi connectivity index (χ4v) is 3.09. The molecule has 0 N–H and O–H groups in total. The second kappa shape index (κ2) is 6.95. The van der Waals surface area contributed by atoms with Gasteiger partial charge in [-0.3, -0.25) is 0 Å². The Morgan fingerprint density at radius 1 is 0.682 bits per heavy atom. The van der Waals surface area contributed by atoms with E-state index in [2.05, 4.69) is 48.2 Å². The highest BCUT2D eigenvalue weighted by Crippen LogP contribution is 2.23. The maximum Gasteiger partial charge on any atom is 0.105 e. The van der Waals surface area contributed by atoms with Gasteiger partial charge >= 0.3 is 0 Å². The quantitative estimate of drug-likeness (QED) is 0.827. The summed E-state index contributed by atoms with van der Waals surface area (Å²) in [5, 5.41) is 0. The third-order valence-electron chi connectivity index (χ3n) is 4.54. The number of aliphatic imine (C=N–C) groups is 2. The van der Waals surface area contributed by atoms with Crippen LogP contribution in [0.5, 0.6) is 0 Å². The molecule has 22 heavy (non-hydrogen) atoms. The molecule has 0 aromatic heterocycles. The van der Waals surface area contributed by atoms with Gasteiger partial charge in [-0.15, -0.1) is 0 Å². The number of amidine groups is 2. The first-order valence-electron chi connectivity index (χ1n) is 8.40. The van der Waals surface area contributed by atoms with E-state index >= 15 is 0 Å². The normalized spacial score (nSPS) is 23.4. The predicted molar refractivity (Wildman–Crippen MR) is 93.6 cm³/mol. The van der Waals surface area contributed by atoms with E-state index < -0.39 is 0 Å². The summed E-state index contributed by atoms with van der Waals surface area (Å²) in [6.07, 6.45) is 7.23. The van der Waals surface area contributed by atoms with Crippen LogP contribution in [-0.2, 0) is 0 Å². The minimum Gasteiger partial charge on any atom is -0.363 e. The van der Waals surface area contributed by atoms with Gasteiger partial charge in [0.15, 0.2) is 0 Å². The zero-order valence-electron chi connectivity index (χ0n) is 13.8. The highest BCUT2D eigenvalue weighted by molar-refractivity contribution is 5.86. The van der Waals surface area contributed by atoms with Crippen LogP contribution >= 0.6 is 0 Å². The lowest BCUT2D eigenvalue weighted by atomic mass is 10.1. The van der Waals surface area contributed by atoms with Gasteiger partial charge in [0, 0.05) is 40.0 Å². The van der Waals surface area contributed by atoms with Gasteiger partial charge in [0.2, 0.25) is 0 Å². The molecular formula is C18H26N4. The largest absolute Gasteiger partial charge is 0.363 e. The highest BCUT2D eigenvalue weighted by Gasteiger charge is 2.13. The molecule has 3 rings (SSSR count). The van der Waals surface area contributed by atoms with Gasteiger partial charge in [0.25, 0.3) is 0 Å². The van der Waals surface area contributed by atoms with Crippen LogP contribution in [0.2, 0.25) is 0 Å². The topological polar surface area (TPSA) is 31.2 Å². The van der Waals surface area contributed by atoms with Crippen molar-refractivity contribution in [2.24, 2.45) is 9.98 Å². The third kappa shape index (κ3) is 3.67. The first kappa shape index (κ1) is 15.1. The molecule has 0 atom stereocenters. The van der Waals surface area contributed by atoms with Gasteiger partial charge < -0.3 is 9.80 Å². The summed E-state index contributed by atoms with van der Waals surface area (Å²) in [6, 6.07) is 8.32. The fourth-order valence-electron chi connectivity index (χ4n) is 3.09. The van der Waals surface area contributed by atoms with Crippen LogP contribution in [0.1, 0.15) is 38.5 Å². The van der Waals surface area contributed by atoms with E-state index in [1.807, 2.05) is 0 Å². The van der Waals surface area contributed by atoms with Crippen molar-refractivity contribution in [1.29, 1.82) is 0 Å². The zero-order valence-corrected chi connectivity index (χ0v) is 13.8. The van der Waals surface area contributed by atoms with Crippen LogP contribution in [0.4, 0.5) is 11.4 Å². The first-order chi connectivity index (χ1) is 10.7. The summed E-state index contributed by atoms with van der Waals surface area (Å²) < 4.78 is 0. The molecule has 0 bridgehead atoms. The average molecular weight is 298 g/mol. The molecule has 0 aliphatic carbocycles. The average Bonchev–Trinajstić information content (AvgIpc) is 2.54. The van der Waals surface area contributed by atoms with Crippen molar-refractivity contribution in [2.45, 2.75) is 38.5 Å². The standard InChI is InChI=1S/C18H26N4/c1-21-13-5-3-7-17(21)19-15-9-11-16(12-10-15)20-18-8-4-6-14-22(18)2/h9-12H,3-8,13-14H2,1-2H3. The number of nitrogens with zero attached hydrogens (tertiary/aromatic N) is 4. The van der Waals surface area contributed by atoms with E-state index in [0.29, 0.717) is 0 Å². The molecule has 2 heterocycles. The van der Waals surface area contributed by atoms with Gasteiger partial charge in [-0.25, -0.2) is 9.98 Å². The van der Waals surface area contributed by atoms with Crippen molar-refractivity contribution < 1.29 is 0 Å². The molecule has 4 heteroatoms. The molecule has 2 saturated heterocycles. The summed E-state index contributed by atoms with van der Waals surface area (Å²) >= 11 is 0. The highest BCUT2D eigenvalue weighted by atomic mass is 15.2. The number of piperidine rings is 2. The lowest BCUT2D eigenvalue weighted by Crippen LogP contribution is -2.31. The molecule has 0 unspecified atom stereocenters. The molecule has 118 valence electrons. The third-order valence-corrected chi connectivity index (χ3v) is 4.54. The Labute approximate surface area is 133 Å². The van der Waals surface area contributed by atoms with Crippen molar-refractivity contribution in [3.63, 3.8) is 0 Å². The van der Waals surface area contributed by atoms with Crippen LogP contribution in [0, 0.1) is 0 Å². The summed E-state index contributed by atoms with van der Waals surface area (Å²) in [6.45, 7) is 2.24. The lowest BCUT2D eigenvalue weighted by molar-refractivity contribution is 0.434. The molecule has 4 nitrogen and oxygen atoms in total. The summed E-state index contributed by atoms with van der Waals surface area (Å²) in [5.74, 6) is 2.41. The minimum absolute atomic E-state index is 1.03. The maximum absolute atomic E-state index is 4.79. The molecule has 1 aromatic rings. The van der Waals surface area contributed by atoms with Gasteiger partial charge in [-0.1, -0.05) is 0 Å². The first-order valence-corrected chi connectivity index (χ1v) is 8.40. The maximum atomic E-state index is 4.79. The second-order valence-corrected chi connectivity index (χ2v) is 6.33. The smallest absolute Gasteiger partial charge is 0.105 e. The monoisotopic (exact) mass is 298 g/mol. The molecule has 0 radical (unpaired) electrons. The van der Waals surface area contributed by atoms with Gasteiger partial charge in [-0.2, -0.15) is 0 Å². The number of benzene rings is 1. The van der Waals surface area contributed by atoms with E-state index in [9.17, 15) is 0 Å². The summed E-state index contributed by atoms with van der Waals surface area (Å²) in [7, 11) is 4.27. The van der Waals surface area contributed by atoms with Gasteiger partial charge in [0.1, 0.15) is 11.7 Å². The Hall–Kier alpha value is -1.84. The van der Waals surface area contributed by atoms with Crippen LogP contribution in [0.3, 0.4) is 0 Å². The van der Waals surface area contributed by atoms with Crippen molar-refractivity contribution in [3.8, 4) is 0 Å². The van der Waals surface area contributed by atoms with E-state index in [4.69, 9.17) is 9.98 Å². The predicted octanol–water partition coefficient (Wildman–Crippen LogP) is 3.98. The molecule has 0 spiro atoms. The number of hydrogen-bond donors (Lipinski definition) is 0. The number of hydrogen-bond acceptors (Lipinski definition) is 2. The Morgan fingerprint density at radius 3 is 1.45 bits per heavy atom. The minimum atomic E-state index is 1.03. The lowest BCUT2D eigenvalue weighted by Gasteiger charge is -2.26. The van der Waals surface area contributed by atoms with Crippen LogP contribution in [0.25, 0.3) is 0 Å². The van der Waals surface area contributed by atoms with Gasteiger partial charge in [-0.05, 0) is 49.9 Å². The molecule has 0 saturated carbocycles. The van der Waals surface area contributed by atoms with Crippen molar-refractivity contribution in [2.75, 3.05) is 27.2 Å². The molecule has 2 aliphatic rings. The Bertz CT molecular complexity index is 508. The Morgan fingerprint density at radius 2 is 1.09 bits per heavy atom. The van der Waals surface area contributed by atoms with Crippen LogP contribution in [-0.4, -0.2) is 48.7 Å². The molecule has 0 amide bonds. The summed E-state index contributed by atoms with van der Waals surface area (Å²) in [4.78, 5) is 14.1. The molecule has 2 aliphatic heterocycles. The number of rotatable bonds is 2. The second-order valence-electron chi connectivity index (χ2n) is 6.33. The van der Waals surface area contributed by atoms with E-state index in [0.717, 1.165) is 37.3 Å². The van der Waals surface area contributed by atoms with E-state index in [-0.39, 0.29) is 0 Å². The Balaban J connectivity index is 1.72. The summed E-state index contributed by atoms with van der Waals surface area (Å²) in [5.41, 5.74) is 2.06.